The van der Waals surface area contributed by atoms with E-state index in [0.29, 0.717) is 11.8 Å². The predicted octanol–water partition coefficient (Wildman–Crippen LogP) is 13.1. The third kappa shape index (κ3) is 27.8. The van der Waals surface area contributed by atoms with Gasteiger partial charge in [-0.25, -0.2) is 15.0 Å². The minimum Gasteiger partial charge on any atom is -0.349 e. The van der Waals surface area contributed by atoms with Gasteiger partial charge < -0.3 is 9.97 Å². The highest BCUT2D eigenvalue weighted by Gasteiger charge is 2.21. The van der Waals surface area contributed by atoms with Crippen molar-refractivity contribution in [3.05, 3.63) is 83.1 Å². The number of aromatic nitrogens is 6. The van der Waals surface area contributed by atoms with Crippen molar-refractivity contribution in [2.45, 2.75) is 154 Å². The van der Waals surface area contributed by atoms with Crippen LogP contribution in [0, 0.1) is 47.3 Å². The van der Waals surface area contributed by atoms with Crippen LogP contribution in [0.15, 0.2) is 61.0 Å². The zero-order valence-corrected chi connectivity index (χ0v) is 36.2. The average Bonchev–Trinajstić information content (AvgIpc) is 3.65. The standard InChI is InChI=1S/C9H13N.C8H16.2C7H12N2.C7H11NS.C7H14/c1-8(2)6-9-4-3-5-10-7-9;1-7(2)8-5-3-4-6-8;1-6(2)3-7-4-8-5-9-7;2*1-6(2)5-7-8-3-4-9-7;1-6(2)5-7-3-4-7/h3-5,7-8H,6H2,1-2H3;7-8H,3-6H2,1-2H3;4-6H,3H2,1-2H3,(H,8,9);3-4,6H,5H2,1-2H3,(H,8,9);3-4,6H,5H2,1-2H3;6-7H,3-5H2,1-2H3. The smallest absolute Gasteiger partial charge is 0.106 e. The molecule has 0 aliphatic heterocycles. The van der Waals surface area contributed by atoms with Gasteiger partial charge in [0.25, 0.3) is 0 Å². The van der Waals surface area contributed by atoms with Gasteiger partial charge in [0, 0.05) is 61.1 Å². The molecule has 0 bridgehead atoms. The quantitative estimate of drug-likeness (QED) is 0.161. The lowest BCUT2D eigenvalue weighted by Gasteiger charge is -2.11. The molecule has 0 unspecified atom stereocenters. The molecule has 2 aliphatic rings. The Hall–Kier alpha value is -2.80. The Balaban J connectivity index is 0.000000313. The highest BCUT2D eigenvalue weighted by molar-refractivity contribution is 7.09. The molecule has 0 amide bonds. The molecule has 4 heterocycles. The monoisotopic (exact) mass is 735 g/mol. The van der Waals surface area contributed by atoms with Crippen LogP contribution >= 0.6 is 11.3 Å². The number of thiazole rings is 1. The van der Waals surface area contributed by atoms with E-state index in [-0.39, 0.29) is 0 Å². The number of imidazole rings is 2. The van der Waals surface area contributed by atoms with Gasteiger partial charge in [-0.15, -0.1) is 11.3 Å². The molecule has 2 N–H and O–H groups in total. The highest BCUT2D eigenvalue weighted by Crippen LogP contribution is 2.34. The maximum absolute atomic E-state index is 4.17. The number of hydrogen-bond acceptors (Lipinski definition) is 5. The highest BCUT2D eigenvalue weighted by atomic mass is 32.1. The third-order valence-electron chi connectivity index (χ3n) is 8.62. The molecule has 0 radical (unpaired) electrons. The summed E-state index contributed by atoms with van der Waals surface area (Å²) in [6, 6.07) is 4.10. The van der Waals surface area contributed by atoms with Gasteiger partial charge in [-0.2, -0.15) is 0 Å². The fourth-order valence-corrected chi connectivity index (χ4v) is 6.80. The molecule has 6 rings (SSSR count). The first kappa shape index (κ1) is 47.2. The van der Waals surface area contributed by atoms with Crippen molar-refractivity contribution in [3.63, 3.8) is 0 Å². The number of pyridine rings is 1. The van der Waals surface area contributed by atoms with Gasteiger partial charge in [-0.1, -0.05) is 128 Å². The maximum Gasteiger partial charge on any atom is 0.106 e. The van der Waals surface area contributed by atoms with Gasteiger partial charge in [-0.05, 0) is 78.2 Å². The topological polar surface area (TPSA) is 83.1 Å². The van der Waals surface area contributed by atoms with E-state index in [1.807, 2.05) is 42.4 Å². The van der Waals surface area contributed by atoms with Gasteiger partial charge >= 0.3 is 0 Å². The molecular weight excluding hydrogens is 657 g/mol. The van der Waals surface area contributed by atoms with Crippen LogP contribution in [0.25, 0.3) is 0 Å². The normalized spacial score (nSPS) is 13.8. The van der Waals surface area contributed by atoms with Crippen LogP contribution in [-0.4, -0.2) is 29.9 Å². The molecule has 294 valence electrons. The van der Waals surface area contributed by atoms with E-state index < -0.39 is 0 Å². The van der Waals surface area contributed by atoms with E-state index >= 15 is 0 Å². The number of rotatable bonds is 11. The molecule has 2 saturated carbocycles. The van der Waals surface area contributed by atoms with Crippen LogP contribution in [-0.2, 0) is 25.7 Å². The number of hydrogen-bond donors (Lipinski definition) is 2. The molecule has 6 nitrogen and oxygen atoms in total. The minimum atomic E-state index is 0.691. The third-order valence-corrected chi connectivity index (χ3v) is 9.42. The fourth-order valence-electron chi connectivity index (χ4n) is 5.97. The van der Waals surface area contributed by atoms with Crippen molar-refractivity contribution in [3.8, 4) is 0 Å². The van der Waals surface area contributed by atoms with Crippen LogP contribution in [0.5, 0.6) is 0 Å². The Morgan fingerprint density at radius 3 is 1.69 bits per heavy atom. The summed E-state index contributed by atoms with van der Waals surface area (Å²) < 4.78 is 0. The van der Waals surface area contributed by atoms with Crippen LogP contribution in [0.2, 0.25) is 0 Å². The molecule has 4 aromatic rings. The van der Waals surface area contributed by atoms with Crippen molar-refractivity contribution >= 4 is 11.3 Å². The summed E-state index contributed by atoms with van der Waals surface area (Å²) >= 11 is 1.74. The van der Waals surface area contributed by atoms with Crippen molar-refractivity contribution in [1.29, 1.82) is 0 Å². The molecule has 0 spiro atoms. The van der Waals surface area contributed by atoms with Gasteiger partial charge in [0.05, 0.1) is 11.3 Å². The van der Waals surface area contributed by atoms with E-state index in [4.69, 9.17) is 0 Å². The first-order valence-electron chi connectivity index (χ1n) is 20.5. The van der Waals surface area contributed by atoms with Crippen molar-refractivity contribution < 1.29 is 0 Å². The second-order valence-electron chi connectivity index (χ2n) is 17.2. The number of H-pyrrole nitrogens is 2. The molecular formula is C45H78N6S. The lowest BCUT2D eigenvalue weighted by Crippen LogP contribution is -2.01. The van der Waals surface area contributed by atoms with Crippen LogP contribution < -0.4 is 0 Å². The zero-order chi connectivity index (χ0) is 38.7. The van der Waals surface area contributed by atoms with Gasteiger partial charge in [0.15, 0.2) is 0 Å². The van der Waals surface area contributed by atoms with Crippen molar-refractivity contribution in [1.82, 2.24) is 29.9 Å². The van der Waals surface area contributed by atoms with Crippen LogP contribution in [0.4, 0.5) is 0 Å². The molecule has 0 atom stereocenters. The first-order chi connectivity index (χ1) is 24.7. The summed E-state index contributed by atoms with van der Waals surface area (Å²) in [4.78, 5) is 22.3. The first-order valence-corrected chi connectivity index (χ1v) is 21.4. The van der Waals surface area contributed by atoms with Gasteiger partial charge in [0.2, 0.25) is 0 Å². The Bertz CT molecular complexity index is 1170. The molecule has 2 fully saturated rings. The molecule has 2 aliphatic carbocycles. The molecule has 52 heavy (non-hydrogen) atoms. The predicted molar refractivity (Wildman–Crippen MR) is 227 cm³/mol. The summed E-state index contributed by atoms with van der Waals surface area (Å²) in [5.41, 5.74) is 2.56. The second kappa shape index (κ2) is 28.7. The Kier molecular flexibility index (Phi) is 26.0. The Morgan fingerprint density at radius 2 is 1.31 bits per heavy atom. The lowest BCUT2D eigenvalue weighted by atomic mass is 9.95. The van der Waals surface area contributed by atoms with Gasteiger partial charge in [-0.3, -0.25) is 4.98 Å². The lowest BCUT2D eigenvalue weighted by molar-refractivity contribution is 0.396. The average molecular weight is 735 g/mol. The van der Waals surface area contributed by atoms with Crippen LogP contribution in [0.3, 0.4) is 0 Å². The number of aromatic amines is 2. The summed E-state index contributed by atoms with van der Waals surface area (Å²) in [5.74, 6) is 8.02. The molecule has 0 aromatic carbocycles. The molecule has 0 saturated heterocycles. The maximum atomic E-state index is 4.17. The Morgan fingerprint density at radius 1 is 0.654 bits per heavy atom. The van der Waals surface area contributed by atoms with E-state index in [1.54, 1.807) is 23.9 Å². The summed E-state index contributed by atoms with van der Waals surface area (Å²) in [6.07, 6.45) is 27.7. The summed E-state index contributed by atoms with van der Waals surface area (Å²) in [6.45, 7) is 26.9. The molecule has 4 aromatic heterocycles. The van der Waals surface area contributed by atoms with Crippen molar-refractivity contribution in [2.75, 3.05) is 0 Å². The fraction of sp³-hybridized carbons (Fsp3) is 0.689. The zero-order valence-electron chi connectivity index (χ0n) is 35.4. The Labute approximate surface area is 324 Å². The van der Waals surface area contributed by atoms with Gasteiger partial charge in [0.1, 0.15) is 5.82 Å². The number of nitrogens with zero attached hydrogens (tertiary/aromatic N) is 4. The second-order valence-corrected chi connectivity index (χ2v) is 18.1. The van der Waals surface area contributed by atoms with Crippen molar-refractivity contribution in [2.24, 2.45) is 47.3 Å². The van der Waals surface area contributed by atoms with Crippen LogP contribution in [0.1, 0.15) is 150 Å². The number of nitrogens with one attached hydrogen (secondary N) is 2. The van der Waals surface area contributed by atoms with E-state index in [2.05, 4.69) is 119 Å². The molecule has 7 heteroatoms. The summed E-state index contributed by atoms with van der Waals surface area (Å²) in [5, 5.41) is 3.28. The minimum absolute atomic E-state index is 0.691. The summed E-state index contributed by atoms with van der Waals surface area (Å²) in [7, 11) is 0. The van der Waals surface area contributed by atoms with E-state index in [9.17, 15) is 0 Å². The van der Waals surface area contributed by atoms with E-state index in [1.165, 1.54) is 61.2 Å². The largest absolute Gasteiger partial charge is 0.349 e. The van der Waals surface area contributed by atoms with E-state index in [0.717, 1.165) is 67.0 Å². The SMILES string of the molecule is CC(C)C1CCCC1.CC(C)CC1CC1.CC(C)Cc1cccnc1.CC(C)Cc1cnc[nH]1.CC(C)Cc1ncc[nH]1.CC(C)Cc1nccs1.